The molecule has 2 atom stereocenters. The number of aliphatic hydroxyl groups is 2. The minimum absolute atomic E-state index is 0.0135. The molecule has 0 bridgehead atoms. The SMILES string of the molecule is CCCCCCCC/C=C\CCCCCCCC(=O)OCCCCCCCCCCCCCCCCCCCCCCCCCCCCCCCCC(=O)NC(CO)C(O)CCCCCCCCCCCCCCCCCCCCCCCCC. The molecule has 0 rings (SSSR count). The van der Waals surface area contributed by atoms with Crippen LogP contribution in [0.15, 0.2) is 12.2 Å². The van der Waals surface area contributed by atoms with E-state index in [1.165, 1.54) is 379 Å². The van der Waals surface area contributed by atoms with Gasteiger partial charge in [-0.1, -0.05) is 405 Å². The Morgan fingerprint density at radius 1 is 0.318 bits per heavy atom. The van der Waals surface area contributed by atoms with Crippen LogP contribution in [-0.4, -0.2) is 47.4 Å². The Bertz CT molecular complexity index is 1290. The van der Waals surface area contributed by atoms with Gasteiger partial charge in [-0.2, -0.15) is 0 Å². The summed E-state index contributed by atoms with van der Waals surface area (Å²) in [6.45, 7) is 5.00. The second-order valence-electron chi connectivity index (χ2n) is 27.4. The number of rotatable bonds is 75. The molecule has 3 N–H and O–H groups in total. The number of carbonyl (C=O) groups is 2. The third-order valence-corrected chi connectivity index (χ3v) is 18.8. The molecule has 0 fully saturated rings. The first kappa shape index (κ1) is 83.6. The van der Waals surface area contributed by atoms with Crippen molar-refractivity contribution < 1.29 is 24.5 Å². The second-order valence-corrected chi connectivity index (χ2v) is 27.4. The van der Waals surface area contributed by atoms with E-state index in [9.17, 15) is 19.8 Å². The van der Waals surface area contributed by atoms with Crippen LogP contribution in [0.25, 0.3) is 0 Å². The minimum Gasteiger partial charge on any atom is -0.466 e. The molecule has 0 aromatic rings. The number of allylic oxidation sites excluding steroid dienone is 2. The van der Waals surface area contributed by atoms with E-state index in [4.69, 9.17) is 4.74 Å². The van der Waals surface area contributed by atoms with Crippen LogP contribution in [-0.2, 0) is 14.3 Å². The van der Waals surface area contributed by atoms with Crippen molar-refractivity contribution >= 4 is 11.9 Å². The van der Waals surface area contributed by atoms with E-state index < -0.39 is 12.1 Å². The van der Waals surface area contributed by atoms with Crippen LogP contribution in [0.5, 0.6) is 0 Å². The first-order valence-corrected chi connectivity index (χ1v) is 39.4. The molecule has 2 unspecified atom stereocenters. The molecule has 6 heteroatoms. The number of amides is 1. The molecule has 0 saturated carbocycles. The van der Waals surface area contributed by atoms with Gasteiger partial charge in [0.2, 0.25) is 5.91 Å². The molecule has 0 aliphatic carbocycles. The van der Waals surface area contributed by atoms with Gasteiger partial charge in [0.05, 0.1) is 25.4 Å². The third-order valence-electron chi connectivity index (χ3n) is 18.8. The van der Waals surface area contributed by atoms with Crippen molar-refractivity contribution in [3.8, 4) is 0 Å². The molecule has 0 aliphatic heterocycles. The molecule has 0 aromatic heterocycles. The van der Waals surface area contributed by atoms with Crippen LogP contribution in [0.1, 0.15) is 457 Å². The summed E-state index contributed by atoms with van der Waals surface area (Å²) in [6.07, 6.45) is 94.4. The van der Waals surface area contributed by atoms with E-state index in [2.05, 4.69) is 31.3 Å². The van der Waals surface area contributed by atoms with E-state index in [0.29, 0.717) is 25.9 Å². The van der Waals surface area contributed by atoms with Gasteiger partial charge < -0.3 is 20.3 Å². The number of nitrogens with one attached hydrogen (secondary N) is 1. The Balaban J connectivity index is 3.33. The smallest absolute Gasteiger partial charge is 0.305 e. The molecule has 0 aliphatic rings. The highest BCUT2D eigenvalue weighted by atomic mass is 16.5. The topological polar surface area (TPSA) is 95.9 Å². The lowest BCUT2D eigenvalue weighted by atomic mass is 10.0. The van der Waals surface area contributed by atoms with E-state index in [0.717, 1.165) is 44.9 Å². The van der Waals surface area contributed by atoms with Gasteiger partial charge >= 0.3 is 5.97 Å². The van der Waals surface area contributed by atoms with Gasteiger partial charge in [-0.15, -0.1) is 0 Å². The molecule has 6 nitrogen and oxygen atoms in total. The Labute approximate surface area is 533 Å². The number of ether oxygens (including phenoxy) is 1. The predicted molar refractivity (Wildman–Crippen MR) is 375 cm³/mol. The molecule has 0 radical (unpaired) electrons. The highest BCUT2D eigenvalue weighted by molar-refractivity contribution is 5.76. The zero-order valence-corrected chi connectivity index (χ0v) is 58.1. The zero-order chi connectivity index (χ0) is 61.3. The summed E-state index contributed by atoms with van der Waals surface area (Å²) in [5.41, 5.74) is 0. The molecule has 85 heavy (non-hydrogen) atoms. The fraction of sp³-hybridized carbons (Fsp3) is 0.949. The largest absolute Gasteiger partial charge is 0.466 e. The lowest BCUT2D eigenvalue weighted by Crippen LogP contribution is -2.45. The summed E-state index contributed by atoms with van der Waals surface area (Å²) < 4.78 is 5.50. The summed E-state index contributed by atoms with van der Waals surface area (Å²) in [7, 11) is 0. The van der Waals surface area contributed by atoms with Crippen LogP contribution in [0.4, 0.5) is 0 Å². The second kappa shape index (κ2) is 75.1. The number of hydrogen-bond acceptors (Lipinski definition) is 5. The maximum atomic E-state index is 12.6. The maximum Gasteiger partial charge on any atom is 0.305 e. The highest BCUT2D eigenvalue weighted by Gasteiger charge is 2.20. The Morgan fingerprint density at radius 3 is 0.835 bits per heavy atom. The molecular formula is C79H155NO5. The van der Waals surface area contributed by atoms with E-state index in [1.807, 2.05) is 0 Å². The lowest BCUT2D eigenvalue weighted by Gasteiger charge is -2.22. The molecule has 1 amide bonds. The van der Waals surface area contributed by atoms with Gasteiger partial charge in [-0.25, -0.2) is 0 Å². The van der Waals surface area contributed by atoms with Crippen molar-refractivity contribution in [1.29, 1.82) is 0 Å². The first-order valence-electron chi connectivity index (χ1n) is 39.4. The number of esters is 1. The zero-order valence-electron chi connectivity index (χ0n) is 58.1. The summed E-state index contributed by atoms with van der Waals surface area (Å²) in [5.74, 6) is -0.0116. The molecule has 0 spiro atoms. The van der Waals surface area contributed by atoms with Crippen LogP contribution < -0.4 is 5.32 Å². The van der Waals surface area contributed by atoms with Crippen molar-refractivity contribution in [2.24, 2.45) is 0 Å². The summed E-state index contributed by atoms with van der Waals surface area (Å²) in [6, 6.07) is -0.539. The molecule has 0 aromatic carbocycles. The van der Waals surface area contributed by atoms with Crippen molar-refractivity contribution in [3.63, 3.8) is 0 Å². The summed E-state index contributed by atoms with van der Waals surface area (Å²) >= 11 is 0. The van der Waals surface area contributed by atoms with Crippen LogP contribution in [0.2, 0.25) is 0 Å². The van der Waals surface area contributed by atoms with Gasteiger partial charge in [0.25, 0.3) is 0 Å². The molecule has 0 saturated heterocycles. The number of carbonyl (C=O) groups excluding carboxylic acids is 2. The lowest BCUT2D eigenvalue weighted by molar-refractivity contribution is -0.143. The molecular weight excluding hydrogens is 1040 g/mol. The quantitative estimate of drug-likeness (QED) is 0.0320. The molecule has 506 valence electrons. The number of unbranched alkanes of at least 4 members (excludes halogenated alkanes) is 62. The van der Waals surface area contributed by atoms with Crippen molar-refractivity contribution in [2.45, 2.75) is 469 Å². The van der Waals surface area contributed by atoms with Gasteiger partial charge in [-0.05, 0) is 51.4 Å². The number of hydrogen-bond donors (Lipinski definition) is 3. The average Bonchev–Trinajstić information content (AvgIpc) is 3.51. The van der Waals surface area contributed by atoms with Gasteiger partial charge in [0.1, 0.15) is 0 Å². The number of aliphatic hydroxyl groups excluding tert-OH is 2. The van der Waals surface area contributed by atoms with Gasteiger partial charge in [-0.3, -0.25) is 9.59 Å². The molecule has 0 heterocycles. The van der Waals surface area contributed by atoms with Gasteiger partial charge in [0.15, 0.2) is 0 Å². The normalized spacial score (nSPS) is 12.5. The highest BCUT2D eigenvalue weighted by Crippen LogP contribution is 2.20. The van der Waals surface area contributed by atoms with E-state index in [1.54, 1.807) is 0 Å². The van der Waals surface area contributed by atoms with Crippen molar-refractivity contribution in [1.82, 2.24) is 5.32 Å². The van der Waals surface area contributed by atoms with E-state index >= 15 is 0 Å². The third kappa shape index (κ3) is 71.6. The van der Waals surface area contributed by atoms with Crippen LogP contribution >= 0.6 is 0 Å². The fourth-order valence-electron chi connectivity index (χ4n) is 12.8. The predicted octanol–water partition coefficient (Wildman–Crippen LogP) is 25.9. The summed E-state index contributed by atoms with van der Waals surface area (Å²) in [4.78, 5) is 24.7. The minimum atomic E-state index is -0.662. The van der Waals surface area contributed by atoms with Gasteiger partial charge in [0, 0.05) is 12.8 Å². The summed E-state index contributed by atoms with van der Waals surface area (Å²) in [5, 5.41) is 23.5. The Hall–Kier alpha value is -1.40. The van der Waals surface area contributed by atoms with Crippen LogP contribution in [0.3, 0.4) is 0 Å². The van der Waals surface area contributed by atoms with Crippen molar-refractivity contribution in [2.75, 3.05) is 13.2 Å². The fourth-order valence-corrected chi connectivity index (χ4v) is 12.8. The monoisotopic (exact) mass is 1200 g/mol. The maximum absolute atomic E-state index is 12.6. The van der Waals surface area contributed by atoms with E-state index in [-0.39, 0.29) is 18.5 Å². The first-order chi connectivity index (χ1) is 42.0. The van der Waals surface area contributed by atoms with Crippen LogP contribution in [0, 0.1) is 0 Å². The average molecular weight is 1200 g/mol. The standard InChI is InChI=1S/C79H155NO5/c1-3-5-7-9-11-13-15-17-19-20-21-22-31-34-37-40-44-47-51-55-59-63-67-71-77(82)76(75-81)80-78(83)72-68-64-60-56-52-48-45-41-38-35-32-29-27-25-23-24-26-28-30-33-36-39-42-46-50-54-58-62-66-70-74-85-79(84)73-69-65-61-57-53-49-43-18-16-14-12-10-8-6-4-2/h18,43,76-77,81-82H,3-17,19-42,44-75H2,1-2H3,(H,80,83)/b43-18-. The Kier molecular flexibility index (Phi) is 73.8. The Morgan fingerprint density at radius 2 is 0.553 bits per heavy atom. The van der Waals surface area contributed by atoms with Crippen molar-refractivity contribution in [3.05, 3.63) is 12.2 Å².